The predicted molar refractivity (Wildman–Crippen MR) is 135 cm³/mol. The molecule has 0 radical (unpaired) electrons. The van der Waals surface area contributed by atoms with Crippen molar-refractivity contribution in [1.29, 1.82) is 0 Å². The number of amides is 2. The SMILES string of the molecule is CC(=O)N(c1ccc(N(C(C)=O)S(=O)(=O)c2ccc(C)cc2)c(Cl)c1)S(=O)(=O)c1ccc(C)cc1. The molecule has 11 heteroatoms. The van der Waals surface area contributed by atoms with Gasteiger partial charge in [-0.3, -0.25) is 9.59 Å². The summed E-state index contributed by atoms with van der Waals surface area (Å²) < 4.78 is 53.9. The largest absolute Gasteiger partial charge is 0.274 e. The predicted octanol–water partition coefficient (Wildman–Crippen LogP) is 4.44. The van der Waals surface area contributed by atoms with E-state index in [1.165, 1.54) is 36.4 Å². The van der Waals surface area contributed by atoms with Crippen LogP contribution in [-0.4, -0.2) is 28.6 Å². The van der Waals surface area contributed by atoms with Crippen LogP contribution in [0, 0.1) is 13.8 Å². The second-order valence-corrected chi connectivity index (χ2v) is 11.8. The molecule has 0 N–H and O–H groups in total. The summed E-state index contributed by atoms with van der Waals surface area (Å²) in [4.78, 5) is 24.6. The Kier molecular flexibility index (Phi) is 7.39. The Morgan fingerprint density at radius 3 is 1.43 bits per heavy atom. The molecule has 0 aliphatic carbocycles. The standard InChI is InChI=1S/C24H23ClN2O6S2/c1-16-5-10-21(11-6-16)34(30,31)26(18(3)28)20-9-14-24(23(25)15-20)27(19(4)29)35(32,33)22-12-7-17(2)8-13-22/h5-15H,1-4H3. The summed E-state index contributed by atoms with van der Waals surface area (Å²) >= 11 is 6.36. The quantitative estimate of drug-likeness (QED) is 0.462. The lowest BCUT2D eigenvalue weighted by Gasteiger charge is -2.25. The lowest BCUT2D eigenvalue weighted by Crippen LogP contribution is -2.36. The molecule has 0 aliphatic heterocycles. The highest BCUT2D eigenvalue weighted by Gasteiger charge is 2.33. The average molecular weight is 535 g/mol. The van der Waals surface area contributed by atoms with E-state index in [-0.39, 0.29) is 26.2 Å². The molecule has 0 saturated heterocycles. The van der Waals surface area contributed by atoms with E-state index in [4.69, 9.17) is 11.6 Å². The van der Waals surface area contributed by atoms with Gasteiger partial charge in [0.1, 0.15) is 0 Å². The number of anilines is 2. The number of halogens is 1. The van der Waals surface area contributed by atoms with Crippen LogP contribution < -0.4 is 8.61 Å². The van der Waals surface area contributed by atoms with Gasteiger partial charge in [-0.2, -0.15) is 0 Å². The Balaban J connectivity index is 2.11. The molecule has 35 heavy (non-hydrogen) atoms. The number of carbonyl (C=O) groups is 2. The van der Waals surface area contributed by atoms with Crippen molar-refractivity contribution in [3.8, 4) is 0 Å². The molecule has 3 aromatic carbocycles. The minimum Gasteiger partial charge on any atom is -0.274 e. The number of aryl methyl sites for hydroxylation is 2. The fourth-order valence-electron chi connectivity index (χ4n) is 3.38. The normalized spacial score (nSPS) is 11.7. The molecule has 0 fully saturated rings. The Morgan fingerprint density at radius 2 is 1.06 bits per heavy atom. The molecule has 0 spiro atoms. The highest BCUT2D eigenvalue weighted by molar-refractivity contribution is 7.94. The van der Waals surface area contributed by atoms with E-state index in [9.17, 15) is 26.4 Å². The topological polar surface area (TPSA) is 109 Å². The van der Waals surface area contributed by atoms with E-state index in [2.05, 4.69) is 0 Å². The van der Waals surface area contributed by atoms with Crippen molar-refractivity contribution in [3.63, 3.8) is 0 Å². The third-order valence-corrected chi connectivity index (χ3v) is 9.00. The van der Waals surface area contributed by atoms with E-state index in [1.54, 1.807) is 38.1 Å². The van der Waals surface area contributed by atoms with Crippen molar-refractivity contribution >= 4 is 54.8 Å². The highest BCUT2D eigenvalue weighted by atomic mass is 35.5. The maximum Gasteiger partial charge on any atom is 0.270 e. The van der Waals surface area contributed by atoms with E-state index in [0.717, 1.165) is 31.0 Å². The second kappa shape index (κ2) is 9.80. The van der Waals surface area contributed by atoms with Gasteiger partial charge in [-0.1, -0.05) is 47.0 Å². The maximum absolute atomic E-state index is 13.2. The van der Waals surface area contributed by atoms with Gasteiger partial charge < -0.3 is 0 Å². The third-order valence-electron chi connectivity index (χ3n) is 5.07. The van der Waals surface area contributed by atoms with E-state index < -0.39 is 31.9 Å². The smallest absolute Gasteiger partial charge is 0.270 e. The first-order valence-corrected chi connectivity index (χ1v) is 13.6. The molecule has 0 aromatic heterocycles. The number of carbonyl (C=O) groups excluding carboxylic acids is 2. The fraction of sp³-hybridized carbons (Fsp3) is 0.167. The zero-order valence-electron chi connectivity index (χ0n) is 19.4. The van der Waals surface area contributed by atoms with Gasteiger partial charge in [0.2, 0.25) is 11.8 Å². The summed E-state index contributed by atoms with van der Waals surface area (Å²) in [5.74, 6) is -1.62. The Bertz CT molecular complexity index is 1500. The number of rotatable bonds is 6. The lowest BCUT2D eigenvalue weighted by molar-refractivity contribution is -0.116. The lowest BCUT2D eigenvalue weighted by atomic mass is 10.2. The third kappa shape index (κ3) is 5.24. The van der Waals surface area contributed by atoms with Gasteiger partial charge in [-0.15, -0.1) is 0 Å². The average Bonchev–Trinajstić information content (AvgIpc) is 2.75. The molecule has 2 amide bonds. The van der Waals surface area contributed by atoms with Gasteiger partial charge in [-0.05, 0) is 56.3 Å². The molecule has 0 saturated carbocycles. The monoisotopic (exact) mass is 534 g/mol. The fourth-order valence-corrected chi connectivity index (χ4v) is 6.55. The number of nitrogens with zero attached hydrogens (tertiary/aromatic N) is 2. The molecule has 3 aromatic rings. The van der Waals surface area contributed by atoms with Crippen molar-refractivity contribution in [2.24, 2.45) is 0 Å². The van der Waals surface area contributed by atoms with Gasteiger partial charge in [0.15, 0.2) is 0 Å². The van der Waals surface area contributed by atoms with Crippen LogP contribution in [0.2, 0.25) is 5.02 Å². The molecular formula is C24H23ClN2O6S2. The Labute approximate surface area is 209 Å². The molecule has 0 unspecified atom stereocenters. The molecule has 0 heterocycles. The molecule has 8 nitrogen and oxygen atoms in total. The van der Waals surface area contributed by atoms with Crippen molar-refractivity contribution in [1.82, 2.24) is 0 Å². The summed E-state index contributed by atoms with van der Waals surface area (Å²) in [6.07, 6.45) is 0. The van der Waals surface area contributed by atoms with Crippen LogP contribution in [0.1, 0.15) is 25.0 Å². The number of hydrogen-bond donors (Lipinski definition) is 0. The van der Waals surface area contributed by atoms with Crippen LogP contribution in [0.25, 0.3) is 0 Å². The first-order valence-electron chi connectivity index (χ1n) is 10.3. The summed E-state index contributed by atoms with van der Waals surface area (Å²) in [6.45, 7) is 5.74. The first kappa shape index (κ1) is 26.4. The summed E-state index contributed by atoms with van der Waals surface area (Å²) in [6, 6.07) is 15.4. The van der Waals surface area contributed by atoms with Crippen LogP contribution in [0.3, 0.4) is 0 Å². The minimum absolute atomic E-state index is 0.106. The number of sulfonamides is 2. The van der Waals surface area contributed by atoms with Gasteiger partial charge in [0, 0.05) is 13.8 Å². The van der Waals surface area contributed by atoms with Crippen LogP contribution >= 0.6 is 11.6 Å². The minimum atomic E-state index is -4.32. The first-order chi connectivity index (χ1) is 16.3. The van der Waals surface area contributed by atoms with E-state index in [1.807, 2.05) is 0 Å². The van der Waals surface area contributed by atoms with Gasteiger partial charge in [-0.25, -0.2) is 25.4 Å². The molecule has 0 atom stereocenters. The molecular weight excluding hydrogens is 512 g/mol. The van der Waals surface area contributed by atoms with E-state index in [0.29, 0.717) is 8.61 Å². The van der Waals surface area contributed by atoms with E-state index >= 15 is 0 Å². The van der Waals surface area contributed by atoms with Crippen molar-refractivity contribution in [2.75, 3.05) is 8.61 Å². The Morgan fingerprint density at radius 1 is 0.657 bits per heavy atom. The number of benzene rings is 3. The van der Waals surface area contributed by atoms with Crippen molar-refractivity contribution < 1.29 is 26.4 Å². The summed E-state index contributed by atoms with van der Waals surface area (Å²) in [5, 5.41) is -0.237. The number of hydrogen-bond acceptors (Lipinski definition) is 6. The Hall–Kier alpha value is -3.21. The van der Waals surface area contributed by atoms with Crippen LogP contribution in [0.5, 0.6) is 0 Å². The zero-order valence-corrected chi connectivity index (χ0v) is 21.8. The molecule has 0 aliphatic rings. The molecule has 3 rings (SSSR count). The molecule has 0 bridgehead atoms. The molecule has 184 valence electrons. The van der Waals surface area contributed by atoms with Crippen molar-refractivity contribution in [2.45, 2.75) is 37.5 Å². The second-order valence-electron chi connectivity index (χ2n) is 7.84. The van der Waals surface area contributed by atoms with Crippen LogP contribution in [0.15, 0.2) is 76.5 Å². The van der Waals surface area contributed by atoms with Gasteiger partial charge in [0.25, 0.3) is 20.0 Å². The van der Waals surface area contributed by atoms with Crippen molar-refractivity contribution in [3.05, 3.63) is 82.9 Å². The zero-order chi connectivity index (χ0) is 26.1. The maximum atomic E-state index is 13.2. The van der Waals surface area contributed by atoms with Gasteiger partial charge >= 0.3 is 0 Å². The van der Waals surface area contributed by atoms with Gasteiger partial charge in [0.05, 0.1) is 26.2 Å². The summed E-state index contributed by atoms with van der Waals surface area (Å²) in [7, 11) is -8.60. The van der Waals surface area contributed by atoms with Crippen LogP contribution in [-0.2, 0) is 29.6 Å². The van der Waals surface area contributed by atoms with Crippen LogP contribution in [0.4, 0.5) is 11.4 Å². The summed E-state index contributed by atoms with van der Waals surface area (Å²) in [5.41, 5.74) is 1.38. The highest BCUT2D eigenvalue weighted by Crippen LogP contribution is 2.35.